The van der Waals surface area contributed by atoms with Crippen LogP contribution in [0.3, 0.4) is 0 Å². The van der Waals surface area contributed by atoms with Gasteiger partial charge >= 0.3 is 5.97 Å². The molecule has 0 bridgehead atoms. The smallest absolute Gasteiger partial charge is 0.305 e. The number of benzene rings is 1. The van der Waals surface area contributed by atoms with Gasteiger partial charge in [-0.3, -0.25) is 14.4 Å². The summed E-state index contributed by atoms with van der Waals surface area (Å²) in [6.07, 6.45) is 5.85. The fourth-order valence-corrected chi connectivity index (χ4v) is 3.24. The summed E-state index contributed by atoms with van der Waals surface area (Å²) in [7, 11) is 0. The summed E-state index contributed by atoms with van der Waals surface area (Å²) in [5.41, 5.74) is 0.998. The number of esters is 1. The Morgan fingerprint density at radius 3 is 2.81 bits per heavy atom. The largest absolute Gasteiger partial charge is 0.463 e. The van der Waals surface area contributed by atoms with Crippen molar-refractivity contribution in [3.8, 4) is 0 Å². The lowest BCUT2D eigenvalue weighted by Gasteiger charge is -2.22. The molecule has 1 aromatic rings. The Morgan fingerprint density at radius 1 is 1.28 bits per heavy atom. The average Bonchev–Trinajstić information content (AvgIpc) is 2.79. The van der Waals surface area contributed by atoms with E-state index < -0.39 is 12.0 Å². The third kappa shape index (κ3) is 10.1. The Labute approximate surface area is 189 Å². The van der Waals surface area contributed by atoms with Crippen molar-refractivity contribution < 1.29 is 29.0 Å². The molecule has 8 heteroatoms. The zero-order chi connectivity index (χ0) is 23.2. The Kier molecular flexibility index (Phi) is 11.5. The topological polar surface area (TPSA) is 114 Å². The first-order chi connectivity index (χ1) is 15.5. The maximum absolute atomic E-state index is 13.0. The minimum Gasteiger partial charge on any atom is -0.463 e. The van der Waals surface area contributed by atoms with Gasteiger partial charge in [0.2, 0.25) is 11.8 Å². The van der Waals surface area contributed by atoms with Crippen molar-refractivity contribution in [2.24, 2.45) is 5.92 Å². The predicted octanol–water partition coefficient (Wildman–Crippen LogP) is 1.86. The fraction of sp³-hybridized carbons (Fsp3) is 0.542. The van der Waals surface area contributed by atoms with Crippen LogP contribution >= 0.6 is 0 Å². The lowest BCUT2D eigenvalue weighted by molar-refractivity contribution is -0.146. The molecule has 8 nitrogen and oxygen atoms in total. The number of carbonyl (C=O) groups excluding carboxylic acids is 3. The SMILES string of the molecule is CC(CO)NC(=O)CC1CC=CCCCC(=O)OCC(COCc2ccccc2)NC1=O. The van der Waals surface area contributed by atoms with E-state index in [1.54, 1.807) is 6.92 Å². The zero-order valence-corrected chi connectivity index (χ0v) is 18.6. The van der Waals surface area contributed by atoms with Gasteiger partial charge in [-0.2, -0.15) is 0 Å². The Morgan fingerprint density at radius 2 is 2.06 bits per heavy atom. The molecule has 2 rings (SSSR count). The van der Waals surface area contributed by atoms with Gasteiger partial charge in [0, 0.05) is 18.9 Å². The maximum Gasteiger partial charge on any atom is 0.305 e. The van der Waals surface area contributed by atoms with E-state index >= 15 is 0 Å². The lowest BCUT2D eigenvalue weighted by Crippen LogP contribution is -2.46. The number of aliphatic hydroxyl groups is 1. The summed E-state index contributed by atoms with van der Waals surface area (Å²) in [6, 6.07) is 8.74. The monoisotopic (exact) mass is 446 g/mol. The molecular weight excluding hydrogens is 412 g/mol. The highest BCUT2D eigenvalue weighted by Gasteiger charge is 2.25. The van der Waals surface area contributed by atoms with Crippen LogP contribution in [0, 0.1) is 5.92 Å². The van der Waals surface area contributed by atoms with Crippen LogP contribution in [0.1, 0.15) is 44.6 Å². The molecule has 1 aliphatic heterocycles. The maximum atomic E-state index is 13.0. The zero-order valence-electron chi connectivity index (χ0n) is 18.6. The van der Waals surface area contributed by atoms with Crippen LogP contribution in [0.25, 0.3) is 0 Å². The highest BCUT2D eigenvalue weighted by molar-refractivity contribution is 5.86. The first-order valence-electron chi connectivity index (χ1n) is 11.1. The van der Waals surface area contributed by atoms with E-state index in [0.717, 1.165) is 5.56 Å². The predicted molar refractivity (Wildman–Crippen MR) is 119 cm³/mol. The summed E-state index contributed by atoms with van der Waals surface area (Å²) >= 11 is 0. The second kappa shape index (κ2) is 14.4. The van der Waals surface area contributed by atoms with Crippen LogP contribution in [0.4, 0.5) is 0 Å². The number of ether oxygens (including phenoxy) is 2. The number of rotatable bonds is 8. The molecule has 0 fully saturated rings. The summed E-state index contributed by atoms with van der Waals surface area (Å²) in [4.78, 5) is 37.2. The molecule has 32 heavy (non-hydrogen) atoms. The van der Waals surface area contributed by atoms with Crippen LogP contribution in [-0.2, 0) is 30.5 Å². The summed E-state index contributed by atoms with van der Waals surface area (Å²) < 4.78 is 11.1. The summed E-state index contributed by atoms with van der Waals surface area (Å²) in [6.45, 7) is 2.07. The minimum atomic E-state index is -0.578. The lowest BCUT2D eigenvalue weighted by atomic mass is 9.98. The van der Waals surface area contributed by atoms with Crippen molar-refractivity contribution in [3.05, 3.63) is 48.0 Å². The normalized spacial score (nSPS) is 21.3. The van der Waals surface area contributed by atoms with E-state index in [0.29, 0.717) is 32.3 Å². The van der Waals surface area contributed by atoms with Gasteiger partial charge in [-0.25, -0.2) is 0 Å². The summed E-state index contributed by atoms with van der Waals surface area (Å²) in [5.74, 6) is -1.49. The number of nitrogens with one attached hydrogen (secondary N) is 2. The number of allylic oxidation sites excluding steroid dienone is 2. The molecule has 0 saturated carbocycles. The second-order valence-electron chi connectivity index (χ2n) is 8.04. The van der Waals surface area contributed by atoms with Crippen molar-refractivity contribution in [3.63, 3.8) is 0 Å². The molecule has 1 aromatic carbocycles. The standard InChI is InChI=1S/C24H34N2O6/c1-18(14-27)25-22(28)13-20-11-7-2-3-8-12-23(29)32-17-21(26-24(20)30)16-31-15-19-9-5-4-6-10-19/h2,4-7,9-10,18,20-21,27H,3,8,11-17H2,1H3,(H,25,28)(H,26,30). The quantitative estimate of drug-likeness (QED) is 0.415. The molecule has 0 radical (unpaired) electrons. The molecule has 1 aliphatic rings. The van der Waals surface area contributed by atoms with Gasteiger partial charge in [0.1, 0.15) is 6.61 Å². The van der Waals surface area contributed by atoms with E-state index in [4.69, 9.17) is 14.6 Å². The highest BCUT2D eigenvalue weighted by atomic mass is 16.5. The number of cyclic esters (lactones) is 1. The molecule has 0 aliphatic carbocycles. The molecule has 0 spiro atoms. The van der Waals surface area contributed by atoms with Crippen molar-refractivity contribution in [1.29, 1.82) is 0 Å². The first-order valence-corrected chi connectivity index (χ1v) is 11.1. The molecule has 0 saturated heterocycles. The van der Waals surface area contributed by atoms with Crippen LogP contribution < -0.4 is 10.6 Å². The van der Waals surface area contributed by atoms with E-state index in [9.17, 15) is 14.4 Å². The second-order valence-corrected chi connectivity index (χ2v) is 8.04. The molecule has 2 amide bonds. The Bertz CT molecular complexity index is 752. The molecule has 0 aromatic heterocycles. The van der Waals surface area contributed by atoms with Crippen molar-refractivity contribution >= 4 is 17.8 Å². The third-order valence-electron chi connectivity index (χ3n) is 5.05. The van der Waals surface area contributed by atoms with Crippen molar-refractivity contribution in [2.75, 3.05) is 19.8 Å². The number of hydrogen-bond donors (Lipinski definition) is 3. The van der Waals surface area contributed by atoms with E-state index in [-0.39, 0.29) is 50.1 Å². The van der Waals surface area contributed by atoms with E-state index in [1.807, 2.05) is 42.5 Å². The van der Waals surface area contributed by atoms with Gasteiger partial charge in [0.15, 0.2) is 0 Å². The van der Waals surface area contributed by atoms with Crippen LogP contribution in [0.15, 0.2) is 42.5 Å². The number of hydrogen-bond acceptors (Lipinski definition) is 6. The van der Waals surface area contributed by atoms with Crippen molar-refractivity contribution in [2.45, 2.75) is 57.7 Å². The summed E-state index contributed by atoms with van der Waals surface area (Å²) in [5, 5.41) is 14.7. The Hall–Kier alpha value is -2.71. The van der Waals surface area contributed by atoms with Crippen LogP contribution in [-0.4, -0.2) is 54.8 Å². The Balaban J connectivity index is 2.02. The van der Waals surface area contributed by atoms with Crippen LogP contribution in [0.2, 0.25) is 0 Å². The van der Waals surface area contributed by atoms with Gasteiger partial charge in [-0.05, 0) is 31.7 Å². The van der Waals surface area contributed by atoms with Crippen molar-refractivity contribution in [1.82, 2.24) is 10.6 Å². The molecule has 3 unspecified atom stereocenters. The van der Waals surface area contributed by atoms with E-state index in [1.165, 1.54) is 0 Å². The van der Waals surface area contributed by atoms with Gasteiger partial charge in [0.05, 0.1) is 31.8 Å². The van der Waals surface area contributed by atoms with Gasteiger partial charge in [-0.1, -0.05) is 42.5 Å². The molecule has 3 atom stereocenters. The molecule has 176 valence electrons. The van der Waals surface area contributed by atoms with E-state index in [2.05, 4.69) is 10.6 Å². The number of amides is 2. The molecule has 1 heterocycles. The van der Waals surface area contributed by atoms with Gasteiger partial charge in [0.25, 0.3) is 0 Å². The number of aliphatic hydroxyl groups excluding tert-OH is 1. The first kappa shape index (κ1) is 25.5. The minimum absolute atomic E-state index is 0.00209. The molecule has 3 N–H and O–H groups in total. The highest BCUT2D eigenvalue weighted by Crippen LogP contribution is 2.13. The molecular formula is C24H34N2O6. The fourth-order valence-electron chi connectivity index (χ4n) is 3.24. The average molecular weight is 447 g/mol. The number of carbonyl (C=O) groups is 3. The third-order valence-corrected chi connectivity index (χ3v) is 5.05. The van der Waals surface area contributed by atoms with Crippen LogP contribution in [0.5, 0.6) is 0 Å². The van der Waals surface area contributed by atoms with Gasteiger partial charge in [-0.15, -0.1) is 0 Å². The van der Waals surface area contributed by atoms with Gasteiger partial charge < -0.3 is 25.2 Å².